The van der Waals surface area contributed by atoms with Gasteiger partial charge in [-0.05, 0) is 25.2 Å². The number of benzene rings is 2. The van der Waals surface area contributed by atoms with E-state index in [4.69, 9.17) is 15.1 Å². The van der Waals surface area contributed by atoms with Crippen LogP contribution in [0.1, 0.15) is 64.0 Å². The predicted molar refractivity (Wildman–Crippen MR) is 138 cm³/mol. The fourth-order valence-corrected chi connectivity index (χ4v) is 4.85. The summed E-state index contributed by atoms with van der Waals surface area (Å²) in [7, 11) is 0. The van der Waals surface area contributed by atoms with Gasteiger partial charge >= 0.3 is 5.97 Å². The van der Waals surface area contributed by atoms with Crippen LogP contribution < -0.4 is 4.90 Å². The highest BCUT2D eigenvalue weighted by Crippen LogP contribution is 2.41. The number of anilines is 1. The molecule has 1 unspecified atom stereocenters. The Kier molecular flexibility index (Phi) is 7.94. The summed E-state index contributed by atoms with van der Waals surface area (Å²) in [5.41, 5.74) is 5.17. The third kappa shape index (κ3) is 5.64. The molecule has 4 rings (SSSR count). The number of carboxylic acid groups (broad SMARTS) is 1. The largest absolute Gasteiger partial charge is 0.481 e. The number of carboxylic acids is 1. The van der Waals surface area contributed by atoms with Crippen LogP contribution in [0.25, 0.3) is 22.5 Å². The molecule has 34 heavy (non-hydrogen) atoms. The average molecular weight is 458 g/mol. The van der Waals surface area contributed by atoms with Crippen molar-refractivity contribution in [3.8, 4) is 22.5 Å². The van der Waals surface area contributed by atoms with Crippen molar-refractivity contribution in [2.75, 3.05) is 18.0 Å². The molecule has 0 bridgehead atoms. The standard InChI is InChI=1S/C29H35N3O2/c1-21(2)24-18-20-32(19-12-4-3-11-17-25(33)34)29-28(24)30-26(22-13-7-5-8-14-22)27(31-29)23-15-9-6-10-16-23/h5-10,13-16,21,24H,3-4,11-12,17-20H2,1-2H3,(H,33,34). The Labute approximate surface area is 202 Å². The minimum Gasteiger partial charge on any atom is -0.481 e. The molecule has 0 saturated carbocycles. The average Bonchev–Trinajstić information content (AvgIpc) is 2.86. The number of nitrogens with zero attached hydrogens (tertiary/aromatic N) is 3. The SMILES string of the molecule is CC(C)C1CCN(CCCCCCC(=O)O)c2nc(-c3ccccc3)c(-c3ccccc3)nc21. The highest BCUT2D eigenvalue weighted by molar-refractivity contribution is 5.79. The number of aliphatic carboxylic acids is 1. The third-order valence-electron chi connectivity index (χ3n) is 6.73. The van der Waals surface area contributed by atoms with Gasteiger partial charge in [-0.1, -0.05) is 87.4 Å². The zero-order valence-electron chi connectivity index (χ0n) is 20.3. The molecular formula is C29H35N3O2. The van der Waals surface area contributed by atoms with Crippen molar-refractivity contribution in [2.45, 2.75) is 58.3 Å². The van der Waals surface area contributed by atoms with E-state index < -0.39 is 5.97 Å². The number of fused-ring (bicyclic) bond motifs is 1. The van der Waals surface area contributed by atoms with Gasteiger partial charge in [0.2, 0.25) is 0 Å². The van der Waals surface area contributed by atoms with Gasteiger partial charge in [-0.2, -0.15) is 0 Å². The number of rotatable bonds is 10. The maximum absolute atomic E-state index is 10.8. The first-order valence-electron chi connectivity index (χ1n) is 12.5. The number of carbonyl (C=O) groups is 1. The summed E-state index contributed by atoms with van der Waals surface area (Å²) in [6.07, 6.45) is 5.12. The zero-order chi connectivity index (χ0) is 23.9. The predicted octanol–water partition coefficient (Wildman–Crippen LogP) is 6.80. The van der Waals surface area contributed by atoms with Crippen LogP contribution in [0.3, 0.4) is 0 Å². The van der Waals surface area contributed by atoms with Gasteiger partial charge in [0.1, 0.15) is 0 Å². The van der Waals surface area contributed by atoms with E-state index in [1.807, 2.05) is 12.1 Å². The fourth-order valence-electron chi connectivity index (χ4n) is 4.85. The molecule has 1 atom stereocenters. The van der Waals surface area contributed by atoms with Crippen molar-refractivity contribution in [3.05, 3.63) is 66.4 Å². The van der Waals surface area contributed by atoms with Crippen molar-refractivity contribution in [1.82, 2.24) is 9.97 Å². The molecule has 1 N–H and O–H groups in total. The highest BCUT2D eigenvalue weighted by Gasteiger charge is 2.31. The molecule has 0 saturated heterocycles. The lowest BCUT2D eigenvalue weighted by molar-refractivity contribution is -0.137. The summed E-state index contributed by atoms with van der Waals surface area (Å²) < 4.78 is 0. The van der Waals surface area contributed by atoms with Gasteiger partial charge in [0, 0.05) is 36.6 Å². The molecule has 0 radical (unpaired) electrons. The zero-order valence-corrected chi connectivity index (χ0v) is 20.3. The Bertz CT molecular complexity index is 1080. The minimum absolute atomic E-state index is 0.261. The Balaban J connectivity index is 1.68. The van der Waals surface area contributed by atoms with Crippen LogP contribution in [0.5, 0.6) is 0 Å². The first kappa shape index (κ1) is 23.9. The Hall–Kier alpha value is -3.21. The molecule has 1 aliphatic heterocycles. The van der Waals surface area contributed by atoms with Gasteiger partial charge in [0.15, 0.2) is 5.82 Å². The number of unbranched alkanes of at least 4 members (excludes halogenated alkanes) is 3. The van der Waals surface area contributed by atoms with Crippen molar-refractivity contribution in [1.29, 1.82) is 0 Å². The number of hydrogen-bond donors (Lipinski definition) is 1. The van der Waals surface area contributed by atoms with Gasteiger partial charge in [-0.25, -0.2) is 9.97 Å². The summed E-state index contributed by atoms with van der Waals surface area (Å²) in [5.74, 6) is 1.20. The van der Waals surface area contributed by atoms with Gasteiger partial charge < -0.3 is 10.0 Å². The van der Waals surface area contributed by atoms with Crippen LogP contribution >= 0.6 is 0 Å². The second-order valence-corrected chi connectivity index (χ2v) is 9.55. The van der Waals surface area contributed by atoms with Crippen LogP contribution in [0.4, 0.5) is 5.82 Å². The molecule has 2 aromatic carbocycles. The van der Waals surface area contributed by atoms with E-state index in [-0.39, 0.29) is 6.42 Å². The molecule has 1 aliphatic rings. The second-order valence-electron chi connectivity index (χ2n) is 9.55. The van der Waals surface area contributed by atoms with E-state index >= 15 is 0 Å². The maximum atomic E-state index is 10.8. The van der Waals surface area contributed by atoms with Crippen molar-refractivity contribution < 1.29 is 9.90 Å². The molecular weight excluding hydrogens is 422 g/mol. The summed E-state index contributed by atoms with van der Waals surface area (Å²) >= 11 is 0. The van der Waals surface area contributed by atoms with E-state index in [1.165, 1.54) is 0 Å². The fraction of sp³-hybridized carbons (Fsp3) is 0.414. The number of hydrogen-bond acceptors (Lipinski definition) is 4. The Morgan fingerprint density at radius 1 is 0.912 bits per heavy atom. The molecule has 178 valence electrons. The van der Waals surface area contributed by atoms with E-state index in [0.29, 0.717) is 11.8 Å². The molecule has 0 spiro atoms. The van der Waals surface area contributed by atoms with E-state index in [9.17, 15) is 4.79 Å². The molecule has 0 aliphatic carbocycles. The Morgan fingerprint density at radius 2 is 1.50 bits per heavy atom. The van der Waals surface area contributed by atoms with Crippen LogP contribution in [-0.2, 0) is 4.79 Å². The number of aromatic nitrogens is 2. The molecule has 1 aromatic heterocycles. The van der Waals surface area contributed by atoms with Crippen LogP contribution in [0, 0.1) is 5.92 Å². The van der Waals surface area contributed by atoms with E-state index in [0.717, 1.165) is 79.2 Å². The molecule has 5 nitrogen and oxygen atoms in total. The molecule has 0 amide bonds. The van der Waals surface area contributed by atoms with E-state index in [2.05, 4.69) is 67.3 Å². The Morgan fingerprint density at radius 3 is 2.09 bits per heavy atom. The lowest BCUT2D eigenvalue weighted by atomic mass is 9.86. The van der Waals surface area contributed by atoms with Crippen molar-refractivity contribution >= 4 is 11.8 Å². The summed E-state index contributed by atoms with van der Waals surface area (Å²) in [5, 5.41) is 8.85. The summed E-state index contributed by atoms with van der Waals surface area (Å²) in [4.78, 5) is 23.8. The quantitative estimate of drug-likeness (QED) is 0.339. The summed E-state index contributed by atoms with van der Waals surface area (Å²) in [6, 6.07) is 20.7. The lowest BCUT2D eigenvalue weighted by Gasteiger charge is -2.36. The lowest BCUT2D eigenvalue weighted by Crippen LogP contribution is -2.35. The van der Waals surface area contributed by atoms with Gasteiger partial charge in [0.25, 0.3) is 0 Å². The third-order valence-corrected chi connectivity index (χ3v) is 6.73. The van der Waals surface area contributed by atoms with Crippen LogP contribution in [0.2, 0.25) is 0 Å². The minimum atomic E-state index is -0.706. The van der Waals surface area contributed by atoms with Crippen LogP contribution in [-0.4, -0.2) is 34.1 Å². The topological polar surface area (TPSA) is 66.3 Å². The van der Waals surface area contributed by atoms with E-state index in [1.54, 1.807) is 0 Å². The molecule has 2 heterocycles. The summed E-state index contributed by atoms with van der Waals surface area (Å²) in [6.45, 7) is 6.47. The molecule has 5 heteroatoms. The van der Waals surface area contributed by atoms with Gasteiger partial charge in [-0.3, -0.25) is 4.79 Å². The van der Waals surface area contributed by atoms with Crippen LogP contribution in [0.15, 0.2) is 60.7 Å². The monoisotopic (exact) mass is 457 g/mol. The molecule has 0 fully saturated rings. The van der Waals surface area contributed by atoms with Gasteiger partial charge in [0.05, 0.1) is 17.1 Å². The first-order chi connectivity index (χ1) is 16.5. The smallest absolute Gasteiger partial charge is 0.303 e. The van der Waals surface area contributed by atoms with Gasteiger partial charge in [-0.15, -0.1) is 0 Å². The first-order valence-corrected chi connectivity index (χ1v) is 12.5. The second kappa shape index (κ2) is 11.3. The highest BCUT2D eigenvalue weighted by atomic mass is 16.4. The van der Waals surface area contributed by atoms with Crippen molar-refractivity contribution in [3.63, 3.8) is 0 Å². The normalized spacial score (nSPS) is 15.4. The van der Waals surface area contributed by atoms with Crippen molar-refractivity contribution in [2.24, 2.45) is 5.92 Å². The molecule has 3 aromatic rings. The maximum Gasteiger partial charge on any atom is 0.303 e.